The third-order valence-electron chi connectivity index (χ3n) is 3.16. The van der Waals surface area contributed by atoms with Gasteiger partial charge < -0.3 is 6.92 Å². The fraction of sp³-hybridized carbons (Fsp3) is 0.722. The van der Waals surface area contributed by atoms with Gasteiger partial charge in [-0.1, -0.05) is 64.0 Å². The molecule has 0 aromatic rings. The van der Waals surface area contributed by atoms with Crippen LogP contribution in [-0.2, 0) is 0 Å². The molecule has 1 heteroatoms. The fourth-order valence-electron chi connectivity index (χ4n) is 2.01. The third kappa shape index (κ3) is 24.5. The van der Waals surface area contributed by atoms with Crippen molar-refractivity contribution < 1.29 is 51.4 Å². The number of hydrogen-bond donors (Lipinski definition) is 0. The molecule has 0 bridgehead atoms. The molecule has 1 aliphatic carbocycles. The van der Waals surface area contributed by atoms with Crippen molar-refractivity contribution in [1.82, 2.24) is 0 Å². The number of unbranched alkanes of at least 4 members (excludes halogenated alkanes) is 6. The van der Waals surface area contributed by atoms with Crippen molar-refractivity contribution in [1.29, 1.82) is 0 Å². The van der Waals surface area contributed by atoms with E-state index >= 15 is 0 Å². The van der Waals surface area contributed by atoms with Gasteiger partial charge in [-0.2, -0.15) is 6.42 Å². The maximum absolute atomic E-state index is 3.91. The van der Waals surface area contributed by atoms with E-state index in [2.05, 4.69) is 33.6 Å². The molecule has 0 aliphatic heterocycles. The van der Waals surface area contributed by atoms with Gasteiger partial charge in [0.05, 0.1) is 0 Å². The van der Waals surface area contributed by atoms with Gasteiger partial charge in [0.2, 0.25) is 0 Å². The van der Waals surface area contributed by atoms with E-state index in [9.17, 15) is 0 Å². The normalized spacial score (nSPS) is 13.3. The van der Waals surface area contributed by atoms with Gasteiger partial charge in [-0.15, -0.1) is 13.2 Å². The average Bonchev–Trinajstić information content (AvgIpc) is 2.43. The fourth-order valence-corrected chi connectivity index (χ4v) is 2.01. The molecule has 1 aliphatic rings. The van der Waals surface area contributed by atoms with E-state index in [-0.39, 0.29) is 51.4 Å². The molecule has 1 fully saturated rings. The molecule has 0 radical (unpaired) electrons. The third-order valence-corrected chi connectivity index (χ3v) is 3.16. The molecule has 0 heterocycles. The van der Waals surface area contributed by atoms with Crippen LogP contribution in [0, 0.1) is 6.92 Å². The van der Waals surface area contributed by atoms with Crippen LogP contribution in [0.3, 0.4) is 0 Å². The summed E-state index contributed by atoms with van der Waals surface area (Å²) >= 11 is 0. The molecule has 1 rings (SSSR count). The second-order valence-electron chi connectivity index (χ2n) is 4.93. The van der Waals surface area contributed by atoms with Gasteiger partial charge in [0.15, 0.2) is 0 Å². The van der Waals surface area contributed by atoms with E-state index in [4.69, 9.17) is 0 Å². The minimum atomic E-state index is 0. The zero-order valence-electron chi connectivity index (χ0n) is 13.8. The van der Waals surface area contributed by atoms with Crippen LogP contribution < -0.4 is 51.4 Å². The molecule has 0 aromatic heterocycles. The molecule has 108 valence electrons. The first kappa shape index (κ1) is 25.1. The molecule has 1 saturated carbocycles. The van der Waals surface area contributed by atoms with Gasteiger partial charge in [0, 0.05) is 0 Å². The van der Waals surface area contributed by atoms with E-state index in [0.29, 0.717) is 0 Å². The number of rotatable bonds is 6. The van der Waals surface area contributed by atoms with Crippen molar-refractivity contribution in [2.24, 2.45) is 0 Å². The zero-order valence-corrected chi connectivity index (χ0v) is 16.9. The Morgan fingerprint density at radius 1 is 0.895 bits per heavy atom. The summed E-state index contributed by atoms with van der Waals surface area (Å²) < 4.78 is 0. The predicted molar refractivity (Wildman–Crippen MR) is 86.8 cm³/mol. The molecule has 0 unspecified atom stereocenters. The van der Waals surface area contributed by atoms with Crippen LogP contribution in [0.4, 0.5) is 0 Å². The average molecular weight is 291 g/mol. The Balaban J connectivity index is -0.000000231. The smallest absolute Gasteiger partial charge is 0.343 e. The molecule has 0 nitrogen and oxygen atoms in total. The van der Waals surface area contributed by atoms with Gasteiger partial charge in [-0.25, -0.2) is 0 Å². The summed E-state index contributed by atoms with van der Waals surface area (Å²) in [5.41, 5.74) is 1.46. The van der Waals surface area contributed by atoms with Crippen molar-refractivity contribution in [3.8, 4) is 0 Å². The standard InChI is InChI=1S/C9H19.C7H12.C2H4.K/c1-3-5-7-9-8-6-4-2;1-7-5-3-2-4-6-7;1-2;/h1,3-9H2,2H3;1-6H2;1-2H2;/q-1;;;+1. The summed E-state index contributed by atoms with van der Waals surface area (Å²) in [5.74, 6) is 0. The molecule has 0 amide bonds. The van der Waals surface area contributed by atoms with Crippen LogP contribution in [0.25, 0.3) is 0 Å². The molecule has 19 heavy (non-hydrogen) atoms. The van der Waals surface area contributed by atoms with Crippen molar-refractivity contribution >= 4 is 0 Å². The molecule has 0 atom stereocenters. The van der Waals surface area contributed by atoms with E-state index in [1.807, 2.05) is 0 Å². The summed E-state index contributed by atoms with van der Waals surface area (Å²) in [5, 5.41) is 0. The van der Waals surface area contributed by atoms with Gasteiger partial charge in [0.25, 0.3) is 0 Å². The summed E-state index contributed by atoms with van der Waals surface area (Å²) in [6, 6.07) is 0. The van der Waals surface area contributed by atoms with Crippen LogP contribution in [0.5, 0.6) is 0 Å². The molecular weight excluding hydrogens is 255 g/mol. The largest absolute Gasteiger partial charge is 1.00 e. The first-order valence-corrected chi connectivity index (χ1v) is 7.77. The van der Waals surface area contributed by atoms with E-state index in [1.54, 1.807) is 0 Å². The summed E-state index contributed by atoms with van der Waals surface area (Å²) in [4.78, 5) is 0. The van der Waals surface area contributed by atoms with Crippen LogP contribution in [0.2, 0.25) is 0 Å². The van der Waals surface area contributed by atoms with Crippen molar-refractivity contribution in [3.63, 3.8) is 0 Å². The Bertz CT molecular complexity index is 149. The van der Waals surface area contributed by atoms with Crippen LogP contribution in [0.15, 0.2) is 25.3 Å². The topological polar surface area (TPSA) is 0 Å². The molecular formula is C18H35K. The Morgan fingerprint density at radius 2 is 1.37 bits per heavy atom. The zero-order chi connectivity index (χ0) is 14.1. The predicted octanol–water partition coefficient (Wildman–Crippen LogP) is 3.88. The Kier molecular flexibility index (Phi) is 31.9. The second kappa shape index (κ2) is 24.2. The monoisotopic (exact) mass is 290 g/mol. The van der Waals surface area contributed by atoms with E-state index < -0.39 is 0 Å². The van der Waals surface area contributed by atoms with Crippen LogP contribution in [0.1, 0.15) is 84.0 Å². The minimum Gasteiger partial charge on any atom is -0.343 e. The number of allylic oxidation sites excluding steroid dienone is 1. The van der Waals surface area contributed by atoms with Crippen LogP contribution in [-0.4, -0.2) is 0 Å². The molecule has 0 spiro atoms. The van der Waals surface area contributed by atoms with Gasteiger partial charge in [-0.3, -0.25) is 0 Å². The van der Waals surface area contributed by atoms with Gasteiger partial charge in [0.1, 0.15) is 0 Å². The first-order chi connectivity index (χ1) is 8.81. The van der Waals surface area contributed by atoms with Crippen LogP contribution >= 0.6 is 0 Å². The van der Waals surface area contributed by atoms with E-state index in [1.165, 1.54) is 76.2 Å². The summed E-state index contributed by atoms with van der Waals surface area (Å²) in [6.45, 7) is 16.0. The summed E-state index contributed by atoms with van der Waals surface area (Å²) in [6.07, 6.45) is 16.2. The Hall–Kier alpha value is 1.12. The number of hydrogen-bond acceptors (Lipinski definition) is 0. The Labute approximate surface area is 165 Å². The van der Waals surface area contributed by atoms with Gasteiger partial charge >= 0.3 is 51.4 Å². The Morgan fingerprint density at radius 3 is 1.74 bits per heavy atom. The maximum atomic E-state index is 3.91. The summed E-state index contributed by atoms with van der Waals surface area (Å²) in [7, 11) is 0. The quantitative estimate of drug-likeness (QED) is 0.301. The SMILES string of the molecule is C=C.C=C1CCCCC1.[CH2-]CCCCCCCC.[K+]. The van der Waals surface area contributed by atoms with E-state index in [0.717, 1.165) is 6.42 Å². The molecule has 0 saturated heterocycles. The first-order valence-electron chi connectivity index (χ1n) is 7.77. The van der Waals surface area contributed by atoms with Crippen molar-refractivity contribution in [2.75, 3.05) is 0 Å². The molecule has 0 N–H and O–H groups in total. The minimum absolute atomic E-state index is 0. The van der Waals surface area contributed by atoms with Gasteiger partial charge in [-0.05, 0) is 25.7 Å². The van der Waals surface area contributed by atoms with Crippen molar-refractivity contribution in [3.05, 3.63) is 32.2 Å². The second-order valence-corrected chi connectivity index (χ2v) is 4.93. The maximum Gasteiger partial charge on any atom is 1.00 e. The van der Waals surface area contributed by atoms with Crippen molar-refractivity contribution in [2.45, 2.75) is 84.0 Å². The molecule has 0 aromatic carbocycles.